The van der Waals surface area contributed by atoms with Gasteiger partial charge in [0.25, 0.3) is 5.69 Å². The Balaban J connectivity index is 1.63. The van der Waals surface area contributed by atoms with Gasteiger partial charge in [-0.3, -0.25) is 14.9 Å². The molecular weight excluding hydrogens is 360 g/mol. The summed E-state index contributed by atoms with van der Waals surface area (Å²) < 4.78 is 22.4. The van der Waals surface area contributed by atoms with E-state index in [0.29, 0.717) is 0 Å². The van der Waals surface area contributed by atoms with Crippen molar-refractivity contribution in [2.24, 2.45) is 0 Å². The molecule has 1 amide bonds. The lowest BCUT2D eigenvalue weighted by Crippen LogP contribution is -2.49. The Morgan fingerprint density at radius 3 is 2.52 bits per heavy atom. The lowest BCUT2D eigenvalue weighted by molar-refractivity contribution is -0.384. The fourth-order valence-electron chi connectivity index (χ4n) is 3.09. The van der Waals surface area contributed by atoms with Crippen LogP contribution in [0.25, 0.3) is 0 Å². The quantitative estimate of drug-likeness (QED) is 0.458. The van der Waals surface area contributed by atoms with Gasteiger partial charge in [0.05, 0.1) is 16.5 Å². The lowest BCUT2D eigenvalue weighted by Gasteiger charge is -2.25. The summed E-state index contributed by atoms with van der Waals surface area (Å²) in [5.41, 5.74) is 0.0460. The average molecular weight is 380 g/mol. The molecule has 0 saturated carbocycles. The molecule has 2 fully saturated rings. The van der Waals surface area contributed by atoms with Crippen molar-refractivity contribution in [2.45, 2.75) is 51.1 Å². The number of fused-ring (bicyclic) bond motifs is 1. The third-order valence-electron chi connectivity index (χ3n) is 4.21. The van der Waals surface area contributed by atoms with Gasteiger partial charge in [0.15, 0.2) is 12.1 Å². The van der Waals surface area contributed by atoms with Crippen LogP contribution in [0, 0.1) is 10.1 Å². The Morgan fingerprint density at radius 1 is 1.26 bits per heavy atom. The van der Waals surface area contributed by atoms with Crippen LogP contribution >= 0.6 is 0 Å². The summed E-state index contributed by atoms with van der Waals surface area (Å²) in [6, 6.07) is 4.52. The molecule has 0 aromatic heterocycles. The topological polar surface area (TPSA) is 126 Å². The van der Waals surface area contributed by atoms with E-state index in [2.05, 4.69) is 5.32 Å². The monoisotopic (exact) mass is 380 g/mol. The molecule has 1 aromatic rings. The average Bonchev–Trinajstić information content (AvgIpc) is 3.05. The Hall–Kier alpha value is -2.56. The number of esters is 1. The first-order valence-corrected chi connectivity index (χ1v) is 8.36. The molecule has 0 radical (unpaired) electrons. The minimum atomic E-state index is -0.841. The third-order valence-corrected chi connectivity index (χ3v) is 4.21. The van der Waals surface area contributed by atoms with Crippen LogP contribution < -0.4 is 5.32 Å². The highest BCUT2D eigenvalue weighted by Gasteiger charge is 2.55. The molecule has 4 unspecified atom stereocenters. The fraction of sp³-hybridized carbons (Fsp3) is 0.529. The summed E-state index contributed by atoms with van der Waals surface area (Å²) in [5.74, 6) is -1.77. The molecule has 0 aliphatic carbocycles. The molecule has 146 valence electrons. The van der Waals surface area contributed by atoms with Crippen LogP contribution in [0.3, 0.4) is 0 Å². The van der Waals surface area contributed by atoms with Gasteiger partial charge in [-0.15, -0.1) is 0 Å². The highest BCUT2D eigenvalue weighted by Crippen LogP contribution is 2.37. The van der Waals surface area contributed by atoms with Crippen LogP contribution in [0.4, 0.5) is 5.69 Å². The Kier molecular flexibility index (Phi) is 5.13. The summed E-state index contributed by atoms with van der Waals surface area (Å²) in [6.45, 7) is 4.71. The molecule has 1 aromatic carbocycles. The molecule has 1 N–H and O–H groups in total. The molecule has 0 bridgehead atoms. The number of carbonyl (C=O) groups excluding carboxylic acids is 2. The molecule has 10 heteroatoms. The molecule has 2 aliphatic heterocycles. The number of benzene rings is 1. The van der Waals surface area contributed by atoms with Crippen LogP contribution in [0.2, 0.25) is 0 Å². The number of ether oxygens (including phenoxy) is 4. The summed E-state index contributed by atoms with van der Waals surface area (Å²) in [7, 11) is 0. The Morgan fingerprint density at radius 2 is 1.93 bits per heavy atom. The SMILES string of the molecule is CC(=O)NC1C(COC(=O)c2ccc([N+](=O)[O-])cc2)OC2OC(C)(C)OC21. The van der Waals surface area contributed by atoms with E-state index >= 15 is 0 Å². The first-order valence-electron chi connectivity index (χ1n) is 8.36. The number of non-ortho nitro benzene ring substituents is 1. The minimum absolute atomic E-state index is 0.124. The number of amides is 1. The van der Waals surface area contributed by atoms with E-state index < -0.39 is 41.2 Å². The summed E-state index contributed by atoms with van der Waals surface area (Å²) >= 11 is 0. The van der Waals surface area contributed by atoms with E-state index in [9.17, 15) is 19.7 Å². The zero-order valence-electron chi connectivity index (χ0n) is 15.0. The summed E-state index contributed by atoms with van der Waals surface area (Å²) in [6.07, 6.45) is -1.85. The highest BCUT2D eigenvalue weighted by molar-refractivity contribution is 5.89. The van der Waals surface area contributed by atoms with Crippen LogP contribution in [0.15, 0.2) is 24.3 Å². The zero-order chi connectivity index (χ0) is 19.8. The maximum Gasteiger partial charge on any atom is 0.338 e. The largest absolute Gasteiger partial charge is 0.459 e. The predicted octanol–water partition coefficient (Wildman–Crippen LogP) is 1.13. The summed E-state index contributed by atoms with van der Waals surface area (Å²) in [5, 5.41) is 13.4. The van der Waals surface area contributed by atoms with Gasteiger partial charge in [-0.05, 0) is 26.0 Å². The van der Waals surface area contributed by atoms with Gasteiger partial charge in [-0.25, -0.2) is 4.79 Å². The number of rotatable bonds is 5. The molecular formula is C17H20N2O8. The number of carbonyl (C=O) groups is 2. The first-order chi connectivity index (χ1) is 12.7. The molecule has 3 rings (SSSR count). The molecule has 27 heavy (non-hydrogen) atoms. The number of hydrogen-bond donors (Lipinski definition) is 1. The molecule has 0 spiro atoms. The molecule has 4 atom stereocenters. The Labute approximate surface area is 154 Å². The predicted molar refractivity (Wildman–Crippen MR) is 89.7 cm³/mol. The molecule has 10 nitrogen and oxygen atoms in total. The van der Waals surface area contributed by atoms with Gasteiger partial charge in [-0.2, -0.15) is 0 Å². The van der Waals surface area contributed by atoms with Crippen LogP contribution in [0.5, 0.6) is 0 Å². The number of nitro groups is 1. The van der Waals surface area contributed by atoms with Crippen molar-refractivity contribution >= 4 is 17.6 Å². The van der Waals surface area contributed by atoms with Crippen molar-refractivity contribution < 1.29 is 33.5 Å². The second kappa shape index (κ2) is 7.22. The van der Waals surface area contributed by atoms with Gasteiger partial charge in [-0.1, -0.05) is 0 Å². The molecule has 2 aliphatic rings. The van der Waals surface area contributed by atoms with Gasteiger partial charge < -0.3 is 24.3 Å². The zero-order valence-corrected chi connectivity index (χ0v) is 15.0. The van der Waals surface area contributed by atoms with E-state index in [1.165, 1.54) is 31.2 Å². The van der Waals surface area contributed by atoms with E-state index in [0.717, 1.165) is 0 Å². The molecule has 2 saturated heterocycles. The van der Waals surface area contributed by atoms with Gasteiger partial charge in [0.1, 0.15) is 18.8 Å². The van der Waals surface area contributed by atoms with Crippen LogP contribution in [-0.4, -0.2) is 53.7 Å². The minimum Gasteiger partial charge on any atom is -0.459 e. The maximum atomic E-state index is 12.2. The first kappa shape index (κ1) is 19.2. The van der Waals surface area contributed by atoms with Gasteiger partial charge >= 0.3 is 5.97 Å². The van der Waals surface area contributed by atoms with E-state index in [1.54, 1.807) is 13.8 Å². The van der Waals surface area contributed by atoms with Crippen LogP contribution in [-0.2, 0) is 23.7 Å². The van der Waals surface area contributed by atoms with Crippen molar-refractivity contribution in [1.82, 2.24) is 5.32 Å². The Bertz CT molecular complexity index is 748. The third kappa shape index (κ3) is 4.24. The van der Waals surface area contributed by atoms with Crippen molar-refractivity contribution in [2.75, 3.05) is 6.61 Å². The smallest absolute Gasteiger partial charge is 0.338 e. The van der Waals surface area contributed by atoms with Crippen molar-refractivity contribution in [3.8, 4) is 0 Å². The van der Waals surface area contributed by atoms with Gasteiger partial charge in [0.2, 0.25) is 5.91 Å². The lowest BCUT2D eigenvalue weighted by atomic mass is 10.1. The van der Waals surface area contributed by atoms with Gasteiger partial charge in [0, 0.05) is 19.1 Å². The number of nitrogens with one attached hydrogen (secondary N) is 1. The highest BCUT2D eigenvalue weighted by atomic mass is 16.8. The van der Waals surface area contributed by atoms with Crippen LogP contribution in [0.1, 0.15) is 31.1 Å². The normalized spacial score (nSPS) is 28.4. The van der Waals surface area contributed by atoms with E-state index in [1.807, 2.05) is 0 Å². The number of hydrogen-bond acceptors (Lipinski definition) is 8. The number of nitrogens with zero attached hydrogens (tertiary/aromatic N) is 1. The number of nitro benzene ring substituents is 1. The standard InChI is InChI=1S/C17H20N2O8/c1-9(20)18-13-12(25-16-14(13)26-17(2,3)27-16)8-24-15(21)10-4-6-11(7-5-10)19(22)23/h4-7,12-14,16H,8H2,1-3H3,(H,18,20). The second-order valence-electron chi connectivity index (χ2n) is 6.77. The summed E-state index contributed by atoms with van der Waals surface area (Å²) in [4.78, 5) is 33.8. The van der Waals surface area contributed by atoms with Crippen molar-refractivity contribution in [1.29, 1.82) is 0 Å². The maximum absolute atomic E-state index is 12.2. The second-order valence-corrected chi connectivity index (χ2v) is 6.77. The molecule has 2 heterocycles. The van der Waals surface area contributed by atoms with E-state index in [-0.39, 0.29) is 23.8 Å². The van der Waals surface area contributed by atoms with Crippen molar-refractivity contribution in [3.05, 3.63) is 39.9 Å². The fourth-order valence-corrected chi connectivity index (χ4v) is 3.09. The van der Waals surface area contributed by atoms with Crippen molar-refractivity contribution in [3.63, 3.8) is 0 Å². The van der Waals surface area contributed by atoms with E-state index in [4.69, 9.17) is 18.9 Å².